The van der Waals surface area contributed by atoms with Crippen molar-refractivity contribution in [3.8, 4) is 17.2 Å². The number of methoxy groups -OCH3 is 3. The van der Waals surface area contributed by atoms with Gasteiger partial charge in [0.2, 0.25) is 5.91 Å². The summed E-state index contributed by atoms with van der Waals surface area (Å²) in [5.41, 5.74) is 6.93. The number of nitrogens with one attached hydrogen (secondary N) is 1. The van der Waals surface area contributed by atoms with E-state index in [-0.39, 0.29) is 30.3 Å². The fourth-order valence-corrected chi connectivity index (χ4v) is 4.36. The Kier molecular flexibility index (Phi) is 7.01. The van der Waals surface area contributed by atoms with Gasteiger partial charge in [0.05, 0.1) is 27.0 Å². The number of nitrogens with two attached hydrogens (primary N) is 1. The maximum absolute atomic E-state index is 12.8. The van der Waals surface area contributed by atoms with Gasteiger partial charge in [0.1, 0.15) is 5.75 Å². The van der Waals surface area contributed by atoms with E-state index in [0.717, 1.165) is 25.7 Å². The molecular weight excluding hydrogens is 356 g/mol. The summed E-state index contributed by atoms with van der Waals surface area (Å²) in [6, 6.07) is 3.72. The molecule has 3 N–H and O–H groups in total. The average molecular weight is 385 g/mol. The van der Waals surface area contributed by atoms with E-state index in [1.807, 2.05) is 0 Å². The van der Waals surface area contributed by atoms with Crippen molar-refractivity contribution in [3.05, 3.63) is 12.1 Å². The first-order valence-corrected chi connectivity index (χ1v) is 8.93. The van der Waals surface area contributed by atoms with E-state index < -0.39 is 0 Å². The summed E-state index contributed by atoms with van der Waals surface area (Å²) >= 11 is 0. The van der Waals surface area contributed by atoms with Crippen LogP contribution in [-0.4, -0.2) is 33.3 Å². The molecule has 1 amide bonds. The number of rotatable bonds is 5. The van der Waals surface area contributed by atoms with Crippen molar-refractivity contribution in [3.63, 3.8) is 0 Å². The molecule has 0 aliphatic heterocycles. The van der Waals surface area contributed by atoms with E-state index in [0.29, 0.717) is 34.8 Å². The summed E-state index contributed by atoms with van der Waals surface area (Å²) in [5.74, 6) is 2.66. The number of carbonyl (C=O) groups is 1. The largest absolute Gasteiger partial charge is 0.494 e. The molecule has 0 spiro atoms. The predicted molar refractivity (Wildman–Crippen MR) is 104 cm³/mol. The molecule has 2 aliphatic rings. The second kappa shape index (κ2) is 8.82. The Hall–Kier alpha value is -1.66. The van der Waals surface area contributed by atoms with Gasteiger partial charge in [-0.3, -0.25) is 4.79 Å². The molecule has 1 aromatic rings. The molecule has 3 rings (SSSR count). The molecule has 2 fully saturated rings. The van der Waals surface area contributed by atoms with Crippen LogP contribution in [-0.2, 0) is 4.79 Å². The van der Waals surface area contributed by atoms with Gasteiger partial charge in [-0.15, -0.1) is 12.4 Å². The van der Waals surface area contributed by atoms with Gasteiger partial charge in [0.15, 0.2) is 11.5 Å². The van der Waals surface area contributed by atoms with Crippen LogP contribution in [0.2, 0.25) is 0 Å². The first-order valence-electron chi connectivity index (χ1n) is 8.93. The zero-order valence-electron chi connectivity index (χ0n) is 15.6. The number of amides is 1. The van der Waals surface area contributed by atoms with Crippen molar-refractivity contribution in [1.82, 2.24) is 0 Å². The zero-order chi connectivity index (χ0) is 18.0. The van der Waals surface area contributed by atoms with E-state index in [1.165, 1.54) is 6.42 Å². The number of anilines is 1. The third-order valence-corrected chi connectivity index (χ3v) is 5.75. The van der Waals surface area contributed by atoms with E-state index >= 15 is 0 Å². The van der Waals surface area contributed by atoms with Crippen LogP contribution in [0.5, 0.6) is 17.2 Å². The summed E-state index contributed by atoms with van der Waals surface area (Å²) in [7, 11) is 4.71. The number of benzene rings is 1. The fourth-order valence-electron chi connectivity index (χ4n) is 4.36. The Bertz CT molecular complexity index is 626. The van der Waals surface area contributed by atoms with E-state index in [9.17, 15) is 4.79 Å². The highest BCUT2D eigenvalue weighted by Crippen LogP contribution is 2.43. The van der Waals surface area contributed by atoms with Crippen LogP contribution in [0.4, 0.5) is 5.69 Å². The van der Waals surface area contributed by atoms with Crippen LogP contribution in [0.25, 0.3) is 0 Å². The number of carbonyl (C=O) groups excluding carboxylic acids is 1. The highest BCUT2D eigenvalue weighted by Gasteiger charge is 2.40. The van der Waals surface area contributed by atoms with E-state index in [1.54, 1.807) is 33.5 Å². The summed E-state index contributed by atoms with van der Waals surface area (Å²) in [4.78, 5) is 12.8. The molecule has 26 heavy (non-hydrogen) atoms. The minimum atomic E-state index is 0. The summed E-state index contributed by atoms with van der Waals surface area (Å²) in [5, 5.41) is 3.02. The van der Waals surface area contributed by atoms with Gasteiger partial charge in [-0.1, -0.05) is 6.42 Å². The minimum Gasteiger partial charge on any atom is -0.494 e. The number of ether oxygens (including phenoxy) is 3. The van der Waals surface area contributed by atoms with Gasteiger partial charge in [0, 0.05) is 24.1 Å². The predicted octanol–water partition coefficient (Wildman–Crippen LogP) is 3.23. The van der Waals surface area contributed by atoms with Crippen LogP contribution >= 0.6 is 12.4 Å². The van der Waals surface area contributed by atoms with Crippen molar-refractivity contribution >= 4 is 24.0 Å². The van der Waals surface area contributed by atoms with Crippen LogP contribution in [0.1, 0.15) is 32.1 Å². The van der Waals surface area contributed by atoms with Crippen molar-refractivity contribution in [2.45, 2.75) is 38.1 Å². The molecule has 0 saturated heterocycles. The quantitative estimate of drug-likeness (QED) is 0.814. The summed E-state index contributed by atoms with van der Waals surface area (Å²) in [6.07, 6.45) is 5.27. The van der Waals surface area contributed by atoms with Gasteiger partial charge >= 0.3 is 0 Å². The minimum absolute atomic E-state index is 0. The van der Waals surface area contributed by atoms with Gasteiger partial charge in [-0.05, 0) is 37.5 Å². The molecule has 2 unspecified atom stereocenters. The average Bonchev–Trinajstić information content (AvgIpc) is 2.60. The third kappa shape index (κ3) is 4.01. The molecule has 0 aromatic heterocycles. The van der Waals surface area contributed by atoms with Crippen molar-refractivity contribution < 1.29 is 19.0 Å². The molecule has 2 atom stereocenters. The Morgan fingerprint density at radius 2 is 1.54 bits per heavy atom. The number of fused-ring (bicyclic) bond motifs is 2. The van der Waals surface area contributed by atoms with Gasteiger partial charge in [-0.25, -0.2) is 0 Å². The molecule has 2 bridgehead atoms. The summed E-state index contributed by atoms with van der Waals surface area (Å²) in [6.45, 7) is 0. The lowest BCUT2D eigenvalue weighted by Gasteiger charge is -2.43. The topological polar surface area (TPSA) is 82.8 Å². The van der Waals surface area contributed by atoms with Crippen LogP contribution < -0.4 is 25.3 Å². The second-order valence-electron chi connectivity index (χ2n) is 7.09. The molecule has 2 saturated carbocycles. The van der Waals surface area contributed by atoms with E-state index in [2.05, 4.69) is 5.32 Å². The molecule has 1 aromatic carbocycles. The van der Waals surface area contributed by atoms with Crippen molar-refractivity contribution in [2.24, 2.45) is 23.5 Å². The van der Waals surface area contributed by atoms with Crippen molar-refractivity contribution in [1.29, 1.82) is 0 Å². The Labute approximate surface area is 161 Å². The van der Waals surface area contributed by atoms with E-state index in [4.69, 9.17) is 19.9 Å². The third-order valence-electron chi connectivity index (χ3n) is 5.75. The Morgan fingerprint density at radius 1 is 1.00 bits per heavy atom. The first-order chi connectivity index (χ1) is 12.1. The number of hydrogen-bond donors (Lipinski definition) is 2. The molecule has 7 heteroatoms. The fraction of sp³-hybridized carbons (Fsp3) is 0.632. The highest BCUT2D eigenvalue weighted by atomic mass is 35.5. The number of hydrogen-bond acceptors (Lipinski definition) is 5. The summed E-state index contributed by atoms with van der Waals surface area (Å²) < 4.78 is 16.0. The van der Waals surface area contributed by atoms with Crippen LogP contribution in [0, 0.1) is 17.8 Å². The monoisotopic (exact) mass is 384 g/mol. The zero-order valence-corrected chi connectivity index (χ0v) is 16.4. The maximum atomic E-state index is 12.8. The molecule has 0 radical (unpaired) electrons. The van der Waals surface area contributed by atoms with Crippen molar-refractivity contribution in [2.75, 3.05) is 26.6 Å². The SMILES string of the molecule is COc1cc(OC)c(OC)cc1NC(=O)C1CC2CCCC(C1)C2N.Cl. The standard InChI is InChI=1S/C19H28N2O4.ClH/c1-23-15-10-17(25-3)16(24-2)9-14(15)21-19(22)13-7-11-5-4-6-12(8-13)18(11)20;/h9-13,18H,4-8,20H2,1-3H3,(H,21,22);1H. The molecule has 146 valence electrons. The molecular formula is C19H29ClN2O4. The lowest BCUT2D eigenvalue weighted by atomic mass is 9.65. The highest BCUT2D eigenvalue weighted by molar-refractivity contribution is 5.94. The number of halogens is 1. The van der Waals surface area contributed by atoms with Crippen LogP contribution in [0.3, 0.4) is 0 Å². The lowest BCUT2D eigenvalue weighted by molar-refractivity contribution is -0.122. The normalized spacial score (nSPS) is 27.1. The molecule has 2 aliphatic carbocycles. The Morgan fingerprint density at radius 3 is 2.08 bits per heavy atom. The Balaban J connectivity index is 0.00000243. The lowest BCUT2D eigenvalue weighted by Crippen LogP contribution is -2.48. The second-order valence-corrected chi connectivity index (χ2v) is 7.09. The van der Waals surface area contributed by atoms with Gasteiger partial charge in [0.25, 0.3) is 0 Å². The first kappa shape index (κ1) is 20.6. The van der Waals surface area contributed by atoms with Gasteiger partial charge < -0.3 is 25.3 Å². The maximum Gasteiger partial charge on any atom is 0.227 e. The van der Waals surface area contributed by atoms with Crippen LogP contribution in [0.15, 0.2) is 12.1 Å². The smallest absolute Gasteiger partial charge is 0.227 e. The van der Waals surface area contributed by atoms with Gasteiger partial charge in [-0.2, -0.15) is 0 Å². The molecule has 6 nitrogen and oxygen atoms in total. The molecule has 0 heterocycles.